The van der Waals surface area contributed by atoms with E-state index >= 15 is 0 Å². The standard InChI is InChI=1S/C80H137N2O7P/c1-7-10-13-16-19-22-25-28-30-32-34-36-38-40-41-43-45-47-49-51-53-55-58-61-64-67-70-73-80(84)89-78(71-68-65-62-59-56-27-24-21-18-15-12-9-3)77(76-88-90(85,86)87-75-74-82(4,5)6)81-79(83)72-69-66-63-60-57-54-52-50-48-46-44-42-39-37-35-33-31-29-26-23-20-17-14-11-8-2/h10-11,13-14,19-20,22-23,28-31,34-37,40-42,44-45,47,68,71,77-78H,7-9,12,15-18,21,24-27,32-33,38-39,43,46,48-67,69-70,72-76H2,1-6H3,(H-,81,83,85,86)/p+1/b13-10-,14-11-,22-19-,23-20-,30-28-,31-29-,36-34-,37-35-,41-40-,44-42-,47-45-,71-68+. The summed E-state index contributed by atoms with van der Waals surface area (Å²) in [6, 6.07) is -0.867. The van der Waals surface area contributed by atoms with E-state index in [2.05, 4.69) is 160 Å². The van der Waals surface area contributed by atoms with Crippen molar-refractivity contribution in [2.75, 3.05) is 40.9 Å². The van der Waals surface area contributed by atoms with E-state index in [1.165, 1.54) is 109 Å². The van der Waals surface area contributed by atoms with Crippen LogP contribution >= 0.6 is 7.82 Å². The molecular formula is C80H138N2O7P+. The number of hydrogen-bond acceptors (Lipinski definition) is 6. The van der Waals surface area contributed by atoms with Crippen LogP contribution in [0.1, 0.15) is 297 Å². The Labute approximate surface area is 555 Å². The molecule has 1 amide bonds. The number of hydrogen-bond donors (Lipinski definition) is 2. The van der Waals surface area contributed by atoms with Crippen molar-refractivity contribution in [1.82, 2.24) is 5.32 Å². The highest BCUT2D eigenvalue weighted by Gasteiger charge is 2.30. The van der Waals surface area contributed by atoms with Crippen molar-refractivity contribution in [2.45, 2.75) is 309 Å². The average molecular weight is 1270 g/mol. The highest BCUT2D eigenvalue weighted by atomic mass is 31.2. The summed E-state index contributed by atoms with van der Waals surface area (Å²) < 4.78 is 30.9. The molecule has 9 nitrogen and oxygen atoms in total. The summed E-state index contributed by atoms with van der Waals surface area (Å²) in [7, 11) is 1.47. The summed E-state index contributed by atoms with van der Waals surface area (Å²) >= 11 is 0. The molecule has 2 N–H and O–H groups in total. The minimum atomic E-state index is -4.47. The number of quaternary nitrogens is 1. The fourth-order valence-electron chi connectivity index (χ4n) is 9.97. The monoisotopic (exact) mass is 1270 g/mol. The van der Waals surface area contributed by atoms with Gasteiger partial charge in [0.05, 0.1) is 33.8 Å². The van der Waals surface area contributed by atoms with Crippen molar-refractivity contribution in [2.24, 2.45) is 0 Å². The first-order valence-electron chi connectivity index (χ1n) is 36.7. The smallest absolute Gasteiger partial charge is 0.456 e. The van der Waals surface area contributed by atoms with Crippen LogP contribution in [0.3, 0.4) is 0 Å². The van der Waals surface area contributed by atoms with Crippen molar-refractivity contribution in [3.8, 4) is 0 Å². The zero-order valence-corrected chi connectivity index (χ0v) is 59.7. The first-order chi connectivity index (χ1) is 43.9. The Morgan fingerprint density at radius 3 is 1.07 bits per heavy atom. The van der Waals surface area contributed by atoms with Gasteiger partial charge >= 0.3 is 13.8 Å². The number of carbonyl (C=O) groups is 2. The largest absolute Gasteiger partial charge is 0.472 e. The molecule has 0 saturated carbocycles. The fourth-order valence-corrected chi connectivity index (χ4v) is 10.7. The van der Waals surface area contributed by atoms with E-state index in [4.69, 9.17) is 13.8 Å². The molecule has 0 heterocycles. The lowest BCUT2D eigenvalue weighted by Gasteiger charge is -2.27. The summed E-state index contributed by atoms with van der Waals surface area (Å²) in [4.78, 5) is 38.0. The van der Waals surface area contributed by atoms with Gasteiger partial charge < -0.3 is 19.4 Å². The number of amides is 1. The van der Waals surface area contributed by atoms with Gasteiger partial charge in [-0.1, -0.05) is 302 Å². The van der Waals surface area contributed by atoms with Gasteiger partial charge in [-0.3, -0.25) is 18.6 Å². The van der Waals surface area contributed by atoms with Crippen LogP contribution in [0.2, 0.25) is 0 Å². The summed E-state index contributed by atoms with van der Waals surface area (Å²) in [6.45, 7) is 6.78. The van der Waals surface area contributed by atoms with E-state index in [1.54, 1.807) is 0 Å². The number of nitrogens with one attached hydrogen (secondary N) is 1. The van der Waals surface area contributed by atoms with Gasteiger partial charge in [0, 0.05) is 12.8 Å². The molecule has 0 saturated heterocycles. The highest BCUT2D eigenvalue weighted by Crippen LogP contribution is 2.43. The zero-order valence-electron chi connectivity index (χ0n) is 58.8. The molecular weight excluding hydrogens is 1130 g/mol. The number of phosphoric acid groups is 1. The van der Waals surface area contributed by atoms with Gasteiger partial charge in [-0.15, -0.1) is 0 Å². The average Bonchev–Trinajstić information content (AvgIpc) is 3.12. The van der Waals surface area contributed by atoms with E-state index in [0.717, 1.165) is 154 Å². The van der Waals surface area contributed by atoms with Crippen LogP contribution in [-0.2, 0) is 27.9 Å². The van der Waals surface area contributed by atoms with Crippen LogP contribution in [0.25, 0.3) is 0 Å². The van der Waals surface area contributed by atoms with Crippen LogP contribution in [0, 0.1) is 0 Å². The van der Waals surface area contributed by atoms with Gasteiger partial charge in [-0.25, -0.2) is 4.57 Å². The second-order valence-corrected chi connectivity index (χ2v) is 26.8. The third kappa shape index (κ3) is 68.3. The van der Waals surface area contributed by atoms with Gasteiger partial charge in [-0.2, -0.15) is 0 Å². The number of rotatable bonds is 65. The van der Waals surface area contributed by atoms with Crippen molar-refractivity contribution >= 4 is 19.7 Å². The Morgan fingerprint density at radius 1 is 0.400 bits per heavy atom. The van der Waals surface area contributed by atoms with Crippen LogP contribution < -0.4 is 5.32 Å². The van der Waals surface area contributed by atoms with Crippen molar-refractivity contribution < 1.29 is 37.3 Å². The van der Waals surface area contributed by atoms with Crippen LogP contribution in [0.15, 0.2) is 146 Å². The quantitative estimate of drug-likeness (QED) is 0.0205. The summed E-state index contributed by atoms with van der Waals surface area (Å²) in [5.41, 5.74) is 0. The molecule has 0 aliphatic rings. The van der Waals surface area contributed by atoms with Crippen LogP contribution in [-0.4, -0.2) is 74.3 Å². The molecule has 514 valence electrons. The third-order valence-corrected chi connectivity index (χ3v) is 16.5. The molecule has 10 heteroatoms. The SMILES string of the molecule is CC/C=C\C/C=C\C/C=C\C/C=C\C/C=C\C/C=C\CCCCCCCCCCC(=O)OC(/C=C/CCCCCCCCCCCC)C(COP(=O)(O)OCC[N+](C)(C)C)NC(=O)CCCCCCCCCCC/C=C\C/C=C\C/C=C\C/C=C\C/C=C\CC. The zero-order chi connectivity index (χ0) is 65.6. The molecule has 0 aliphatic heterocycles. The van der Waals surface area contributed by atoms with Gasteiger partial charge in [0.2, 0.25) is 5.91 Å². The number of nitrogens with zero attached hydrogens (tertiary/aromatic N) is 1. The number of likely N-dealkylation sites (N-methyl/N-ethyl adjacent to an activating group) is 1. The van der Waals surface area contributed by atoms with Crippen LogP contribution in [0.5, 0.6) is 0 Å². The van der Waals surface area contributed by atoms with E-state index in [1.807, 2.05) is 33.3 Å². The minimum absolute atomic E-state index is 0.0301. The lowest BCUT2D eigenvalue weighted by molar-refractivity contribution is -0.870. The number of unbranched alkanes of at least 4 members (excludes halogenated alkanes) is 27. The van der Waals surface area contributed by atoms with E-state index < -0.39 is 20.0 Å². The summed E-state index contributed by atoms with van der Waals surface area (Å²) in [6.07, 6.45) is 98.6. The second kappa shape index (κ2) is 67.8. The predicted octanol–water partition coefficient (Wildman–Crippen LogP) is 23.7. The van der Waals surface area contributed by atoms with Gasteiger partial charge in [-0.05, 0) is 128 Å². The maximum atomic E-state index is 13.6. The fraction of sp³-hybridized carbons (Fsp3) is 0.675. The topological polar surface area (TPSA) is 111 Å². The Balaban J connectivity index is 5.09. The molecule has 3 unspecified atom stereocenters. The van der Waals surface area contributed by atoms with Crippen LogP contribution in [0.4, 0.5) is 0 Å². The predicted molar refractivity (Wildman–Crippen MR) is 392 cm³/mol. The minimum Gasteiger partial charge on any atom is -0.456 e. The van der Waals surface area contributed by atoms with Gasteiger partial charge in [0.25, 0.3) is 0 Å². The number of carbonyl (C=O) groups excluding carboxylic acids is 2. The first kappa shape index (κ1) is 85.9. The van der Waals surface area contributed by atoms with Gasteiger partial charge in [0.15, 0.2) is 0 Å². The number of esters is 1. The molecule has 0 rings (SSSR count). The molecule has 90 heavy (non-hydrogen) atoms. The molecule has 0 fully saturated rings. The molecule has 0 spiro atoms. The van der Waals surface area contributed by atoms with E-state index in [9.17, 15) is 19.0 Å². The normalized spacial score (nSPS) is 14.3. The molecule has 0 aromatic carbocycles. The Hall–Kier alpha value is -4.11. The molecule has 0 aliphatic carbocycles. The Bertz CT molecular complexity index is 2050. The van der Waals surface area contributed by atoms with E-state index in [0.29, 0.717) is 17.4 Å². The highest BCUT2D eigenvalue weighted by molar-refractivity contribution is 7.47. The molecule has 0 aromatic rings. The second-order valence-electron chi connectivity index (χ2n) is 25.3. The first-order valence-corrected chi connectivity index (χ1v) is 38.2. The molecule has 0 bridgehead atoms. The van der Waals surface area contributed by atoms with Gasteiger partial charge in [0.1, 0.15) is 19.3 Å². The lowest BCUT2D eigenvalue weighted by atomic mass is 10.0. The lowest BCUT2D eigenvalue weighted by Crippen LogP contribution is -2.47. The number of phosphoric ester groups is 1. The number of ether oxygens (including phenoxy) is 1. The maximum Gasteiger partial charge on any atom is 0.472 e. The van der Waals surface area contributed by atoms with E-state index in [-0.39, 0.29) is 31.5 Å². The van der Waals surface area contributed by atoms with Crippen molar-refractivity contribution in [3.05, 3.63) is 146 Å². The Kier molecular flexibility index (Phi) is 64.7. The summed E-state index contributed by atoms with van der Waals surface area (Å²) in [5.74, 6) is -0.526. The molecule has 3 atom stereocenters. The molecule has 0 radical (unpaired) electrons. The molecule has 0 aromatic heterocycles. The Morgan fingerprint density at radius 2 is 0.711 bits per heavy atom. The summed E-state index contributed by atoms with van der Waals surface area (Å²) in [5, 5.41) is 3.07. The maximum absolute atomic E-state index is 13.6. The third-order valence-electron chi connectivity index (χ3n) is 15.5. The van der Waals surface area contributed by atoms with Crippen molar-refractivity contribution in [3.63, 3.8) is 0 Å². The van der Waals surface area contributed by atoms with Crippen molar-refractivity contribution in [1.29, 1.82) is 0 Å². The number of allylic oxidation sites excluding steroid dienone is 23.